The van der Waals surface area contributed by atoms with Crippen LogP contribution < -0.4 is 0 Å². The molecular weight excluding hydrogens is 773 g/mol. The average Bonchev–Trinajstić information content (AvgIpc) is 3.90. The summed E-state index contributed by atoms with van der Waals surface area (Å²) >= 11 is 1.79. The van der Waals surface area contributed by atoms with E-state index in [-0.39, 0.29) is 0 Å². The van der Waals surface area contributed by atoms with Crippen LogP contribution in [0, 0.1) is 0 Å². The van der Waals surface area contributed by atoms with E-state index >= 15 is 0 Å². The third kappa shape index (κ3) is 5.29. The van der Waals surface area contributed by atoms with Gasteiger partial charge in [0.15, 0.2) is 17.5 Å². The second kappa shape index (κ2) is 13.8. The van der Waals surface area contributed by atoms with Crippen molar-refractivity contribution in [1.29, 1.82) is 0 Å². The molecule has 0 aliphatic heterocycles. The van der Waals surface area contributed by atoms with E-state index in [2.05, 4.69) is 211 Å². The molecule has 3 aromatic heterocycles. The van der Waals surface area contributed by atoms with Crippen molar-refractivity contribution in [2.75, 3.05) is 0 Å². The first-order valence-electron chi connectivity index (χ1n) is 20.9. The molecule has 0 atom stereocenters. The van der Waals surface area contributed by atoms with Gasteiger partial charge in [-0.1, -0.05) is 164 Å². The van der Waals surface area contributed by atoms with Gasteiger partial charge in [-0.3, -0.25) is 0 Å². The van der Waals surface area contributed by atoms with Gasteiger partial charge < -0.3 is 4.57 Å². The maximum Gasteiger partial charge on any atom is 0.166 e. The third-order valence-electron chi connectivity index (χ3n) is 12.5. The van der Waals surface area contributed by atoms with Crippen LogP contribution in [0.2, 0.25) is 0 Å². The molecule has 0 N–H and O–H groups in total. The lowest BCUT2D eigenvalue weighted by Gasteiger charge is -2.16. The van der Waals surface area contributed by atoms with E-state index in [4.69, 9.17) is 15.0 Å². The Morgan fingerprint density at radius 1 is 0.306 bits per heavy atom. The van der Waals surface area contributed by atoms with E-state index in [1.807, 2.05) is 0 Å². The van der Waals surface area contributed by atoms with Crippen LogP contribution in [0.3, 0.4) is 0 Å². The van der Waals surface area contributed by atoms with Gasteiger partial charge in [-0.2, -0.15) is 0 Å². The number of nitrogens with zero attached hydrogens (tertiary/aromatic N) is 4. The van der Waals surface area contributed by atoms with Crippen molar-refractivity contribution in [2.45, 2.75) is 0 Å². The second-order valence-electron chi connectivity index (χ2n) is 15.9. The van der Waals surface area contributed by atoms with E-state index < -0.39 is 0 Å². The van der Waals surface area contributed by atoms with Gasteiger partial charge >= 0.3 is 0 Å². The molecule has 13 aromatic rings. The number of fused-ring (bicyclic) bond motifs is 12. The lowest BCUT2D eigenvalue weighted by molar-refractivity contribution is 1.07. The summed E-state index contributed by atoms with van der Waals surface area (Å²) in [4.78, 5) is 16.3. The summed E-state index contributed by atoms with van der Waals surface area (Å²) in [6.07, 6.45) is 0. The fourth-order valence-electron chi connectivity index (χ4n) is 9.71. The lowest BCUT2D eigenvalue weighted by atomic mass is 9.91. The molecule has 10 aromatic carbocycles. The summed E-state index contributed by atoms with van der Waals surface area (Å²) < 4.78 is 4.75. The minimum atomic E-state index is 0.617. The average molecular weight is 807 g/mol. The zero-order valence-corrected chi connectivity index (χ0v) is 34.1. The molecule has 0 saturated heterocycles. The quantitative estimate of drug-likeness (QED) is 0.163. The van der Waals surface area contributed by atoms with Crippen LogP contribution in [0.5, 0.6) is 0 Å². The summed E-state index contributed by atoms with van der Waals surface area (Å²) in [5, 5.41) is 12.3. The van der Waals surface area contributed by atoms with E-state index in [9.17, 15) is 0 Å². The number of benzene rings is 10. The molecule has 288 valence electrons. The maximum atomic E-state index is 5.46. The Hall–Kier alpha value is -7.99. The summed E-state index contributed by atoms with van der Waals surface area (Å²) in [7, 11) is 0. The van der Waals surface area contributed by atoms with Crippen LogP contribution in [0.1, 0.15) is 0 Å². The Morgan fingerprint density at radius 3 is 1.44 bits per heavy atom. The van der Waals surface area contributed by atoms with Gasteiger partial charge in [-0.15, -0.1) is 11.3 Å². The van der Waals surface area contributed by atoms with Crippen molar-refractivity contribution in [3.8, 4) is 51.0 Å². The zero-order chi connectivity index (χ0) is 40.7. The highest BCUT2D eigenvalue weighted by molar-refractivity contribution is 7.26. The molecule has 0 fully saturated rings. The van der Waals surface area contributed by atoms with Crippen LogP contribution >= 0.6 is 11.3 Å². The van der Waals surface area contributed by atoms with Crippen LogP contribution in [0.25, 0.3) is 125 Å². The minimum Gasteiger partial charge on any atom is -0.309 e. The van der Waals surface area contributed by atoms with Crippen molar-refractivity contribution in [3.63, 3.8) is 0 Å². The first-order chi connectivity index (χ1) is 30.8. The topological polar surface area (TPSA) is 43.6 Å². The fraction of sp³-hybridized carbons (Fsp3) is 0. The van der Waals surface area contributed by atoms with E-state index in [1.54, 1.807) is 11.3 Å². The molecule has 62 heavy (non-hydrogen) atoms. The zero-order valence-electron chi connectivity index (χ0n) is 33.3. The third-order valence-corrected chi connectivity index (χ3v) is 13.7. The summed E-state index contributed by atoms with van der Waals surface area (Å²) in [5.74, 6) is 1.88. The fourth-order valence-corrected chi connectivity index (χ4v) is 10.9. The number of para-hydroxylation sites is 3. The second-order valence-corrected chi connectivity index (χ2v) is 16.9. The van der Waals surface area contributed by atoms with Crippen molar-refractivity contribution in [3.05, 3.63) is 206 Å². The number of thiophene rings is 1. The van der Waals surface area contributed by atoms with E-state index in [1.165, 1.54) is 58.6 Å². The molecule has 5 heteroatoms. The first-order valence-corrected chi connectivity index (χ1v) is 21.8. The molecule has 0 aliphatic rings. The van der Waals surface area contributed by atoms with Gasteiger partial charge in [-0.25, -0.2) is 15.0 Å². The van der Waals surface area contributed by atoms with Gasteiger partial charge in [0, 0.05) is 47.6 Å². The molecule has 0 saturated carbocycles. The monoisotopic (exact) mass is 806 g/mol. The van der Waals surface area contributed by atoms with Gasteiger partial charge in [0.05, 0.1) is 16.7 Å². The smallest absolute Gasteiger partial charge is 0.166 e. The molecule has 13 rings (SSSR count). The van der Waals surface area contributed by atoms with Crippen LogP contribution in [0.15, 0.2) is 206 Å². The number of aromatic nitrogens is 4. The van der Waals surface area contributed by atoms with Crippen molar-refractivity contribution in [1.82, 2.24) is 19.5 Å². The number of hydrogen-bond acceptors (Lipinski definition) is 4. The molecule has 0 aliphatic carbocycles. The molecule has 0 spiro atoms. The highest BCUT2D eigenvalue weighted by atomic mass is 32.1. The Kier molecular flexibility index (Phi) is 7.74. The van der Waals surface area contributed by atoms with Gasteiger partial charge in [0.25, 0.3) is 0 Å². The summed E-state index contributed by atoms with van der Waals surface area (Å²) in [5.41, 5.74) is 8.30. The van der Waals surface area contributed by atoms with E-state index in [0.29, 0.717) is 17.5 Å². The lowest BCUT2D eigenvalue weighted by Crippen LogP contribution is -2.04. The first kappa shape index (κ1) is 34.8. The van der Waals surface area contributed by atoms with Gasteiger partial charge in [-0.05, 0) is 85.9 Å². The molecule has 0 amide bonds. The molecule has 0 bridgehead atoms. The van der Waals surface area contributed by atoms with Crippen molar-refractivity contribution >= 4 is 85.6 Å². The highest BCUT2D eigenvalue weighted by Gasteiger charge is 2.22. The van der Waals surface area contributed by atoms with Crippen LogP contribution in [-0.2, 0) is 0 Å². The summed E-state index contributed by atoms with van der Waals surface area (Å²) in [6.45, 7) is 0. The highest BCUT2D eigenvalue weighted by Crippen LogP contribution is 2.43. The van der Waals surface area contributed by atoms with Crippen LogP contribution in [0.4, 0.5) is 0 Å². The molecule has 3 heterocycles. The predicted octanol–water partition coefficient (Wildman–Crippen LogP) is 15.5. The normalized spacial score (nSPS) is 11.9. The molecule has 0 unspecified atom stereocenters. The van der Waals surface area contributed by atoms with Gasteiger partial charge in [0.1, 0.15) is 0 Å². The minimum absolute atomic E-state index is 0.617. The van der Waals surface area contributed by atoms with E-state index in [0.717, 1.165) is 49.2 Å². The number of hydrogen-bond donors (Lipinski definition) is 0. The largest absolute Gasteiger partial charge is 0.309 e. The SMILES string of the molecule is c1ccc(-c2nc(-c3ccccc3-n3c4ccccc4c4ccccc43)nc(-c3cccc4c3sc3ccccc34)n2)c(-c2ccc3c4ccccc4c4ccccc4c3c2)c1. The Morgan fingerprint density at radius 2 is 0.758 bits per heavy atom. The maximum absolute atomic E-state index is 5.46. The molecular formula is C57H34N4S. The van der Waals surface area contributed by atoms with Crippen LogP contribution in [-0.4, -0.2) is 19.5 Å². The Bertz CT molecular complexity index is 3860. The van der Waals surface area contributed by atoms with Crippen molar-refractivity contribution in [2.24, 2.45) is 0 Å². The van der Waals surface area contributed by atoms with Crippen molar-refractivity contribution < 1.29 is 0 Å². The molecule has 4 nitrogen and oxygen atoms in total. The number of rotatable bonds is 5. The van der Waals surface area contributed by atoms with Gasteiger partial charge in [0.2, 0.25) is 0 Å². The molecule has 0 radical (unpaired) electrons. The summed E-state index contributed by atoms with van der Waals surface area (Å²) in [6, 6.07) is 73.8. The Labute approximate surface area is 360 Å². The Balaban J connectivity index is 1.07. The predicted molar refractivity (Wildman–Crippen MR) is 261 cm³/mol. The standard InChI is InChI=1S/C57H34N4S/c1-6-24-46(36(16-1)35-32-33-41-39-19-3-2-17-37(39)38-18-4-5-20-40(38)49(41)34-35)55-58-56(60-57(59-55)48-27-15-26-45-44-23-10-14-31-53(44)62-54(45)48)47-25-9-13-30-52(47)61-50-28-11-7-21-42(50)43-22-8-12-29-51(43)61/h1-34H.